The van der Waals surface area contributed by atoms with Gasteiger partial charge in [0.15, 0.2) is 0 Å². The van der Waals surface area contributed by atoms with Crippen LogP contribution in [0.25, 0.3) is 0 Å². The molecular weight excluding hydrogens is 856 g/mol. The molecule has 3 unspecified atom stereocenters. The summed E-state index contributed by atoms with van der Waals surface area (Å²) in [6, 6.07) is -0.845. The zero-order valence-electron chi connectivity index (χ0n) is 45.2. The van der Waals surface area contributed by atoms with Crippen LogP contribution < -0.4 is 5.32 Å². The largest absolute Gasteiger partial charge is 0.472 e. The smallest absolute Gasteiger partial charge is 0.456 e. The van der Waals surface area contributed by atoms with Crippen molar-refractivity contribution < 1.29 is 37.3 Å². The van der Waals surface area contributed by atoms with Crippen LogP contribution in [-0.2, 0) is 27.9 Å². The lowest BCUT2D eigenvalue weighted by Gasteiger charge is -2.27. The summed E-state index contributed by atoms with van der Waals surface area (Å²) < 4.78 is 30.6. The number of unbranched alkanes of at least 4 members (excludes halogenated alkanes) is 34. The van der Waals surface area contributed by atoms with Gasteiger partial charge in [-0.3, -0.25) is 18.6 Å². The third-order valence-corrected chi connectivity index (χ3v) is 13.9. The number of quaternary nitrogens is 1. The number of carbonyl (C=O) groups is 2. The maximum absolute atomic E-state index is 13.4. The number of ether oxygens (including phenoxy) is 1. The van der Waals surface area contributed by atoms with Gasteiger partial charge in [0.25, 0.3) is 0 Å². The SMILES string of the molecule is CCCC/C=C\CCCCCCCC(=O)NC(COP(=O)(O)OCC[N+](C)(C)C)C(/C=C\CCCCCCCCCCCCC)OC(=O)CCCCCCCCCCCCCCCCCCC. The Hall–Kier alpha value is -1.51. The van der Waals surface area contributed by atoms with Gasteiger partial charge in [0.05, 0.1) is 33.8 Å². The Morgan fingerprint density at radius 1 is 0.507 bits per heavy atom. The number of hydrogen-bond donors (Lipinski definition) is 2. The number of allylic oxidation sites excluding steroid dienone is 3. The molecule has 396 valence electrons. The van der Waals surface area contributed by atoms with Gasteiger partial charge in [-0.2, -0.15) is 0 Å². The van der Waals surface area contributed by atoms with Crippen LogP contribution in [-0.4, -0.2) is 74.3 Å². The number of likely N-dealkylation sites (N-methyl/N-ethyl adjacent to an activating group) is 1. The van der Waals surface area contributed by atoms with Gasteiger partial charge in [0.1, 0.15) is 19.3 Å². The minimum atomic E-state index is -4.44. The molecule has 3 atom stereocenters. The van der Waals surface area contributed by atoms with E-state index in [1.54, 1.807) is 0 Å². The van der Waals surface area contributed by atoms with Crippen LogP contribution in [0.4, 0.5) is 0 Å². The van der Waals surface area contributed by atoms with E-state index in [9.17, 15) is 19.0 Å². The van der Waals surface area contributed by atoms with Crippen molar-refractivity contribution in [1.29, 1.82) is 0 Å². The zero-order chi connectivity index (χ0) is 49.4. The Balaban J connectivity index is 5.31. The van der Waals surface area contributed by atoms with Crippen molar-refractivity contribution in [2.45, 2.75) is 290 Å². The highest BCUT2D eigenvalue weighted by Gasteiger charge is 2.30. The lowest BCUT2D eigenvalue weighted by atomic mass is 10.0. The van der Waals surface area contributed by atoms with Crippen LogP contribution in [0, 0.1) is 0 Å². The van der Waals surface area contributed by atoms with E-state index in [-0.39, 0.29) is 25.1 Å². The molecule has 10 heteroatoms. The molecule has 0 spiro atoms. The highest BCUT2D eigenvalue weighted by molar-refractivity contribution is 7.47. The molecule has 0 saturated heterocycles. The first kappa shape index (κ1) is 65.5. The Morgan fingerprint density at radius 2 is 0.881 bits per heavy atom. The van der Waals surface area contributed by atoms with Crippen LogP contribution in [0.2, 0.25) is 0 Å². The third-order valence-electron chi connectivity index (χ3n) is 12.9. The average molecular weight is 969 g/mol. The van der Waals surface area contributed by atoms with Gasteiger partial charge in [-0.15, -0.1) is 0 Å². The zero-order valence-corrected chi connectivity index (χ0v) is 46.1. The quantitative estimate of drug-likeness (QED) is 0.0205. The number of rotatable bonds is 52. The van der Waals surface area contributed by atoms with Crippen molar-refractivity contribution in [3.8, 4) is 0 Å². The van der Waals surface area contributed by atoms with Gasteiger partial charge >= 0.3 is 13.8 Å². The number of hydrogen-bond acceptors (Lipinski definition) is 6. The molecule has 0 aromatic carbocycles. The molecule has 0 fully saturated rings. The van der Waals surface area contributed by atoms with Gasteiger partial charge in [0, 0.05) is 12.8 Å². The Morgan fingerprint density at radius 3 is 1.31 bits per heavy atom. The monoisotopic (exact) mass is 968 g/mol. The number of nitrogens with one attached hydrogen (secondary N) is 1. The van der Waals surface area contributed by atoms with Crippen molar-refractivity contribution in [1.82, 2.24) is 5.32 Å². The molecule has 2 N–H and O–H groups in total. The summed E-state index contributed by atoms with van der Waals surface area (Å²) in [7, 11) is 1.50. The lowest BCUT2D eigenvalue weighted by molar-refractivity contribution is -0.870. The van der Waals surface area contributed by atoms with Crippen LogP contribution >= 0.6 is 7.82 Å². The predicted molar refractivity (Wildman–Crippen MR) is 286 cm³/mol. The van der Waals surface area contributed by atoms with Gasteiger partial charge in [0.2, 0.25) is 5.91 Å². The van der Waals surface area contributed by atoms with Crippen molar-refractivity contribution in [2.24, 2.45) is 0 Å². The highest BCUT2D eigenvalue weighted by Crippen LogP contribution is 2.43. The Bertz CT molecular complexity index is 1210. The fourth-order valence-electron chi connectivity index (χ4n) is 8.39. The molecule has 0 aromatic heterocycles. The molecular formula is C57H112N2O7P+. The summed E-state index contributed by atoms with van der Waals surface area (Å²) in [5.41, 5.74) is 0. The number of amides is 1. The third kappa shape index (κ3) is 49.3. The summed E-state index contributed by atoms with van der Waals surface area (Å²) in [6.45, 7) is 6.99. The Labute approximate surface area is 415 Å². The van der Waals surface area contributed by atoms with Crippen LogP contribution in [0.15, 0.2) is 24.3 Å². The van der Waals surface area contributed by atoms with E-state index in [1.807, 2.05) is 33.3 Å². The maximum atomic E-state index is 13.4. The molecule has 0 saturated carbocycles. The first-order chi connectivity index (χ1) is 32.4. The van der Waals surface area contributed by atoms with Gasteiger partial charge in [-0.1, -0.05) is 238 Å². The van der Waals surface area contributed by atoms with Crippen molar-refractivity contribution in [3.05, 3.63) is 24.3 Å². The Kier molecular flexibility index (Phi) is 47.0. The van der Waals surface area contributed by atoms with Crippen LogP contribution in [0.5, 0.6) is 0 Å². The molecule has 0 bridgehead atoms. The van der Waals surface area contributed by atoms with Gasteiger partial charge in [-0.05, 0) is 51.0 Å². The molecule has 0 aliphatic rings. The van der Waals surface area contributed by atoms with Gasteiger partial charge < -0.3 is 19.4 Å². The van der Waals surface area contributed by atoms with E-state index in [2.05, 4.69) is 38.2 Å². The molecule has 67 heavy (non-hydrogen) atoms. The second-order valence-corrected chi connectivity index (χ2v) is 22.3. The van der Waals surface area contributed by atoms with E-state index >= 15 is 0 Å². The van der Waals surface area contributed by atoms with Crippen LogP contribution in [0.3, 0.4) is 0 Å². The molecule has 1 amide bonds. The molecule has 0 aliphatic carbocycles. The summed E-state index contributed by atoms with van der Waals surface area (Å²) >= 11 is 0. The minimum absolute atomic E-state index is 0.0417. The number of phosphoric ester groups is 1. The molecule has 0 rings (SSSR count). The van der Waals surface area contributed by atoms with Crippen molar-refractivity contribution in [3.63, 3.8) is 0 Å². The average Bonchev–Trinajstić information content (AvgIpc) is 3.28. The van der Waals surface area contributed by atoms with Crippen LogP contribution in [0.1, 0.15) is 278 Å². The molecule has 0 heterocycles. The first-order valence-corrected chi connectivity index (χ1v) is 30.2. The number of nitrogens with zero attached hydrogens (tertiary/aromatic N) is 1. The molecule has 9 nitrogen and oxygen atoms in total. The van der Waals surface area contributed by atoms with E-state index in [1.165, 1.54) is 161 Å². The van der Waals surface area contributed by atoms with E-state index in [0.717, 1.165) is 83.5 Å². The number of esters is 1. The fraction of sp³-hybridized carbons (Fsp3) is 0.895. The van der Waals surface area contributed by atoms with Crippen molar-refractivity contribution in [2.75, 3.05) is 40.9 Å². The molecule has 0 radical (unpaired) electrons. The standard InChI is InChI=1S/C57H111N2O7P/c1-7-10-13-16-19-22-25-27-28-29-30-32-35-38-41-44-47-50-57(61)66-55(48-45-42-39-36-34-31-26-23-20-17-14-11-8-2)54(53-65-67(62,63)64-52-51-59(4,5)6)58-56(60)49-46-43-40-37-33-24-21-18-15-12-9-3/h18,21,45,48,54-55H,7-17,19-20,22-44,46-47,49-53H2,1-6H3,(H-,58,60,62,63)/p+1/b21-18-,48-45-. The molecule has 0 aromatic rings. The van der Waals surface area contributed by atoms with E-state index < -0.39 is 20.0 Å². The summed E-state index contributed by atoms with van der Waals surface area (Å²) in [4.78, 5) is 37.5. The van der Waals surface area contributed by atoms with E-state index in [0.29, 0.717) is 23.9 Å². The number of phosphoric acid groups is 1. The fourth-order valence-corrected chi connectivity index (χ4v) is 9.13. The summed E-state index contributed by atoms with van der Waals surface area (Å²) in [6.07, 6.45) is 54.5. The van der Waals surface area contributed by atoms with E-state index in [4.69, 9.17) is 13.8 Å². The highest BCUT2D eigenvalue weighted by atomic mass is 31.2. The second kappa shape index (κ2) is 48.1. The molecule has 0 aliphatic heterocycles. The maximum Gasteiger partial charge on any atom is 0.472 e. The second-order valence-electron chi connectivity index (χ2n) is 20.8. The lowest BCUT2D eigenvalue weighted by Crippen LogP contribution is -2.47. The predicted octanol–water partition coefficient (Wildman–Crippen LogP) is 17.0. The summed E-state index contributed by atoms with van der Waals surface area (Å²) in [5, 5.41) is 3.04. The topological polar surface area (TPSA) is 111 Å². The van der Waals surface area contributed by atoms with Gasteiger partial charge in [-0.25, -0.2) is 4.57 Å². The first-order valence-electron chi connectivity index (χ1n) is 28.7. The normalized spacial score (nSPS) is 14.0. The minimum Gasteiger partial charge on any atom is -0.456 e. The summed E-state index contributed by atoms with van der Waals surface area (Å²) in [5.74, 6) is -0.504. The van der Waals surface area contributed by atoms with Crippen molar-refractivity contribution >= 4 is 19.7 Å². The number of carbonyl (C=O) groups excluding carboxylic acids is 2.